The Balaban J connectivity index is 1.57. The maximum absolute atomic E-state index is 13.8. The van der Waals surface area contributed by atoms with E-state index in [1.54, 1.807) is 52.0 Å². The highest BCUT2D eigenvalue weighted by Crippen LogP contribution is 2.27. The van der Waals surface area contributed by atoms with Crippen molar-refractivity contribution in [1.29, 1.82) is 0 Å². The lowest BCUT2D eigenvalue weighted by Gasteiger charge is -2.14. The van der Waals surface area contributed by atoms with Crippen molar-refractivity contribution < 1.29 is 0 Å². The maximum atomic E-state index is 13.8. The summed E-state index contributed by atoms with van der Waals surface area (Å²) in [7, 11) is 0. The average molecular weight is 490 g/mol. The first-order valence-electron chi connectivity index (χ1n) is 11.1. The molecular formula is C28H18ClN6O. The van der Waals surface area contributed by atoms with Crippen LogP contribution in [-0.2, 0) is 0 Å². The zero-order chi connectivity index (χ0) is 24.6. The molecule has 0 unspecified atom stereocenters. The highest BCUT2D eigenvalue weighted by atomic mass is 35.5. The minimum absolute atomic E-state index is 0.266. The SMILES string of the molecule is Nc1ccc(-c2ccc(-c3nc4c(ncn4-c4c[c]ccc4)c(=O)n3-c3ccc(Cl)cc3)cc2)cn1. The number of hydrogen-bond donors (Lipinski definition) is 1. The van der Waals surface area contributed by atoms with Crippen molar-refractivity contribution in [3.05, 3.63) is 119 Å². The molecule has 6 aromatic rings. The largest absolute Gasteiger partial charge is 0.384 e. The fourth-order valence-corrected chi connectivity index (χ4v) is 4.21. The molecule has 1 radical (unpaired) electrons. The number of halogens is 1. The summed E-state index contributed by atoms with van der Waals surface area (Å²) in [5.74, 6) is 0.950. The molecule has 0 spiro atoms. The summed E-state index contributed by atoms with van der Waals surface area (Å²) < 4.78 is 3.35. The predicted octanol–water partition coefficient (Wildman–Crippen LogP) is 5.34. The molecule has 173 valence electrons. The summed E-state index contributed by atoms with van der Waals surface area (Å²) >= 11 is 6.11. The van der Waals surface area contributed by atoms with Gasteiger partial charge < -0.3 is 5.73 Å². The normalized spacial score (nSPS) is 11.1. The average Bonchev–Trinajstić information content (AvgIpc) is 3.35. The second kappa shape index (κ2) is 8.79. The van der Waals surface area contributed by atoms with E-state index in [1.165, 1.54) is 0 Å². The lowest BCUT2D eigenvalue weighted by molar-refractivity contribution is 0.962. The molecule has 2 N–H and O–H groups in total. The van der Waals surface area contributed by atoms with Crippen LogP contribution >= 0.6 is 11.6 Å². The Morgan fingerprint density at radius 2 is 1.58 bits per heavy atom. The molecule has 0 bridgehead atoms. The van der Waals surface area contributed by atoms with Gasteiger partial charge >= 0.3 is 0 Å². The number of fused-ring (bicyclic) bond motifs is 1. The van der Waals surface area contributed by atoms with Gasteiger partial charge in [-0.1, -0.05) is 48.0 Å². The summed E-state index contributed by atoms with van der Waals surface area (Å²) in [5, 5.41) is 0.577. The van der Waals surface area contributed by atoms with Crippen molar-refractivity contribution in [3.63, 3.8) is 0 Å². The molecule has 0 aliphatic heterocycles. The van der Waals surface area contributed by atoms with Gasteiger partial charge in [-0.15, -0.1) is 0 Å². The lowest BCUT2D eigenvalue weighted by atomic mass is 10.1. The number of anilines is 1. The van der Waals surface area contributed by atoms with E-state index in [2.05, 4.69) is 16.0 Å². The number of imidazole rings is 1. The highest BCUT2D eigenvalue weighted by Gasteiger charge is 2.19. The highest BCUT2D eigenvalue weighted by molar-refractivity contribution is 6.30. The molecule has 7 nitrogen and oxygen atoms in total. The van der Waals surface area contributed by atoms with Gasteiger partial charge in [-0.05, 0) is 60.2 Å². The van der Waals surface area contributed by atoms with Gasteiger partial charge in [0.1, 0.15) is 18.0 Å². The first-order chi connectivity index (χ1) is 17.6. The molecule has 0 saturated heterocycles. The number of benzene rings is 3. The van der Waals surface area contributed by atoms with E-state index < -0.39 is 0 Å². The van der Waals surface area contributed by atoms with Gasteiger partial charge in [0.15, 0.2) is 11.2 Å². The van der Waals surface area contributed by atoms with Gasteiger partial charge in [0, 0.05) is 28.0 Å². The molecule has 0 aliphatic rings. The van der Waals surface area contributed by atoms with Crippen LogP contribution < -0.4 is 11.3 Å². The second-order valence-electron chi connectivity index (χ2n) is 8.15. The molecule has 0 aliphatic carbocycles. The van der Waals surface area contributed by atoms with Crippen LogP contribution in [0.25, 0.3) is 45.1 Å². The fraction of sp³-hybridized carbons (Fsp3) is 0. The van der Waals surface area contributed by atoms with Crippen molar-refractivity contribution >= 4 is 28.6 Å². The fourth-order valence-electron chi connectivity index (χ4n) is 4.09. The Hall–Kier alpha value is -4.75. The van der Waals surface area contributed by atoms with Crippen molar-refractivity contribution in [2.24, 2.45) is 0 Å². The summed E-state index contributed by atoms with van der Waals surface area (Å²) in [6.07, 6.45) is 3.34. The standard InChI is InChI=1S/C28H18ClN6O/c29-21-11-13-23(14-12-21)35-26(19-8-6-18(7-9-19)20-10-15-24(30)31-16-20)33-27-25(28(35)36)32-17-34(27)22-4-2-1-3-5-22/h1-2,4-17H,(H2,30,31). The summed E-state index contributed by atoms with van der Waals surface area (Å²) in [6, 6.07) is 29.0. The Morgan fingerprint density at radius 1 is 0.833 bits per heavy atom. The van der Waals surface area contributed by atoms with Gasteiger partial charge in [-0.25, -0.2) is 15.0 Å². The van der Waals surface area contributed by atoms with E-state index in [9.17, 15) is 4.79 Å². The number of hydrogen-bond acceptors (Lipinski definition) is 5. The van der Waals surface area contributed by atoms with Crippen molar-refractivity contribution in [2.75, 3.05) is 5.73 Å². The Labute approximate surface area is 211 Å². The molecule has 0 saturated carbocycles. The monoisotopic (exact) mass is 489 g/mol. The molecule has 0 fully saturated rings. The smallest absolute Gasteiger partial charge is 0.286 e. The van der Waals surface area contributed by atoms with Crippen LogP contribution in [0.3, 0.4) is 0 Å². The molecule has 3 aromatic heterocycles. The topological polar surface area (TPSA) is 91.6 Å². The molecule has 6 rings (SSSR count). The quantitative estimate of drug-likeness (QED) is 0.361. The van der Waals surface area contributed by atoms with Gasteiger partial charge in [-0.3, -0.25) is 13.9 Å². The zero-order valence-electron chi connectivity index (χ0n) is 18.8. The third-order valence-corrected chi connectivity index (χ3v) is 6.14. The van der Waals surface area contributed by atoms with Crippen LogP contribution in [0.15, 0.2) is 102 Å². The predicted molar refractivity (Wildman–Crippen MR) is 141 cm³/mol. The Bertz CT molecular complexity index is 1740. The van der Waals surface area contributed by atoms with Gasteiger partial charge in [-0.2, -0.15) is 0 Å². The van der Waals surface area contributed by atoms with Crippen LogP contribution in [0.2, 0.25) is 5.02 Å². The molecule has 0 atom stereocenters. The van der Waals surface area contributed by atoms with E-state index in [0.29, 0.717) is 28.0 Å². The van der Waals surface area contributed by atoms with Crippen molar-refractivity contribution in [3.8, 4) is 33.9 Å². The molecule has 0 amide bonds. The van der Waals surface area contributed by atoms with Crippen LogP contribution in [0.5, 0.6) is 0 Å². The van der Waals surface area contributed by atoms with Crippen molar-refractivity contribution in [2.45, 2.75) is 0 Å². The van der Waals surface area contributed by atoms with Crippen LogP contribution in [0, 0.1) is 6.07 Å². The molecule has 8 heteroatoms. The first-order valence-corrected chi connectivity index (χ1v) is 11.5. The summed E-state index contributed by atoms with van der Waals surface area (Å²) in [6.45, 7) is 0. The van der Waals surface area contributed by atoms with E-state index in [0.717, 1.165) is 22.4 Å². The minimum atomic E-state index is -0.275. The van der Waals surface area contributed by atoms with Crippen LogP contribution in [0.1, 0.15) is 0 Å². The number of aromatic nitrogens is 5. The molecule has 36 heavy (non-hydrogen) atoms. The first kappa shape index (κ1) is 21.8. The van der Waals surface area contributed by atoms with E-state index in [1.807, 2.05) is 54.6 Å². The van der Waals surface area contributed by atoms with E-state index in [4.69, 9.17) is 22.3 Å². The summed E-state index contributed by atoms with van der Waals surface area (Å²) in [4.78, 5) is 27.3. The van der Waals surface area contributed by atoms with Crippen molar-refractivity contribution in [1.82, 2.24) is 24.1 Å². The van der Waals surface area contributed by atoms with Gasteiger partial charge in [0.05, 0.1) is 5.69 Å². The molecule has 3 aromatic carbocycles. The lowest BCUT2D eigenvalue weighted by Crippen LogP contribution is -2.22. The Morgan fingerprint density at radius 3 is 2.28 bits per heavy atom. The molecule has 3 heterocycles. The van der Waals surface area contributed by atoms with Gasteiger partial charge in [0.25, 0.3) is 5.56 Å². The zero-order valence-corrected chi connectivity index (χ0v) is 19.6. The van der Waals surface area contributed by atoms with Gasteiger partial charge in [0.2, 0.25) is 0 Å². The van der Waals surface area contributed by atoms with Crippen LogP contribution in [-0.4, -0.2) is 24.1 Å². The van der Waals surface area contributed by atoms with Crippen LogP contribution in [0.4, 0.5) is 5.82 Å². The Kier molecular flexibility index (Phi) is 5.32. The third-order valence-electron chi connectivity index (χ3n) is 5.89. The third kappa shape index (κ3) is 3.81. The number of rotatable bonds is 4. The maximum Gasteiger partial charge on any atom is 0.286 e. The number of nitrogens with two attached hydrogens (primary N) is 1. The van der Waals surface area contributed by atoms with E-state index >= 15 is 0 Å². The minimum Gasteiger partial charge on any atom is -0.384 e. The van der Waals surface area contributed by atoms with E-state index in [-0.39, 0.29) is 11.1 Å². The summed E-state index contributed by atoms with van der Waals surface area (Å²) in [5.41, 5.74) is 10.3. The molecular weight excluding hydrogens is 472 g/mol. The number of nitrogen functional groups attached to an aromatic ring is 1. The second-order valence-corrected chi connectivity index (χ2v) is 8.59. The number of pyridine rings is 1. The number of nitrogens with zero attached hydrogens (tertiary/aromatic N) is 5.